The van der Waals surface area contributed by atoms with Gasteiger partial charge >= 0.3 is 12.1 Å². The number of ether oxygens (including phenoxy) is 1. The Morgan fingerprint density at radius 1 is 1.30 bits per heavy atom. The van der Waals surface area contributed by atoms with E-state index in [0.29, 0.717) is 16.5 Å². The van der Waals surface area contributed by atoms with E-state index in [9.17, 15) is 18.0 Å². The average molecular weight is 329 g/mol. The number of carbonyl (C=O) groups excluding carboxylic acids is 1. The molecule has 1 aromatic heterocycles. The normalized spacial score (nSPS) is 12.1. The van der Waals surface area contributed by atoms with Crippen molar-refractivity contribution in [1.29, 1.82) is 0 Å². The summed E-state index contributed by atoms with van der Waals surface area (Å²) in [5, 5.41) is 0.703. The first-order valence-corrected chi connectivity index (χ1v) is 7.24. The summed E-state index contributed by atoms with van der Waals surface area (Å²) >= 11 is 0. The molecule has 0 radical (unpaired) electrons. The van der Waals surface area contributed by atoms with Crippen LogP contribution in [0.5, 0.6) is 0 Å². The minimum Gasteiger partial charge on any atom is -0.460 e. The van der Waals surface area contributed by atoms with E-state index >= 15 is 0 Å². The molecule has 0 aliphatic carbocycles. The Hall–Kier alpha value is -2.02. The lowest BCUT2D eigenvalue weighted by molar-refractivity contribution is -0.137. The topological polar surface area (TPSA) is 42.7 Å². The van der Waals surface area contributed by atoms with Gasteiger partial charge in [-0.25, -0.2) is 4.79 Å². The lowest BCUT2D eigenvalue weighted by Crippen LogP contribution is -2.24. The van der Waals surface area contributed by atoms with Crippen LogP contribution < -0.4 is 0 Å². The first-order valence-electron chi connectivity index (χ1n) is 7.24. The van der Waals surface area contributed by atoms with Gasteiger partial charge in [0.15, 0.2) is 0 Å². The highest BCUT2D eigenvalue weighted by Crippen LogP contribution is 2.28. The van der Waals surface area contributed by atoms with Gasteiger partial charge < -0.3 is 14.1 Å². The maximum atomic E-state index is 12.3. The SMILES string of the molecule is CCOC(=O)c1oc2ccccc2c1CN(C)CCC(F)(F)F. The third-order valence-corrected chi connectivity index (χ3v) is 3.36. The van der Waals surface area contributed by atoms with Gasteiger partial charge in [0.05, 0.1) is 13.0 Å². The highest BCUT2D eigenvalue weighted by atomic mass is 19.4. The lowest BCUT2D eigenvalue weighted by atomic mass is 10.1. The van der Waals surface area contributed by atoms with Crippen LogP contribution in [0.4, 0.5) is 13.2 Å². The molecule has 1 heterocycles. The van der Waals surface area contributed by atoms with Crippen molar-refractivity contribution in [1.82, 2.24) is 4.90 Å². The second-order valence-corrected chi connectivity index (χ2v) is 5.23. The number of para-hydroxylation sites is 1. The first-order chi connectivity index (χ1) is 10.8. The van der Waals surface area contributed by atoms with Crippen LogP contribution in [-0.4, -0.2) is 37.2 Å². The molecule has 0 N–H and O–H groups in total. The number of hydrogen-bond donors (Lipinski definition) is 0. The highest BCUT2D eigenvalue weighted by molar-refractivity contribution is 5.96. The van der Waals surface area contributed by atoms with Crippen molar-refractivity contribution >= 4 is 16.9 Å². The molecule has 7 heteroatoms. The van der Waals surface area contributed by atoms with Crippen molar-refractivity contribution < 1.29 is 27.1 Å². The standard InChI is InChI=1S/C16H18F3NO3/c1-3-22-15(21)14-12(10-20(2)9-8-16(17,18)19)11-6-4-5-7-13(11)23-14/h4-7H,3,8-10H2,1-2H3. The molecule has 0 saturated heterocycles. The van der Waals surface area contributed by atoms with Gasteiger partial charge in [0.2, 0.25) is 5.76 Å². The number of fused-ring (bicyclic) bond motifs is 1. The van der Waals surface area contributed by atoms with Crippen LogP contribution >= 0.6 is 0 Å². The molecular weight excluding hydrogens is 311 g/mol. The second-order valence-electron chi connectivity index (χ2n) is 5.23. The molecule has 2 rings (SSSR count). The van der Waals surface area contributed by atoms with Crippen molar-refractivity contribution in [3.8, 4) is 0 Å². The fourth-order valence-corrected chi connectivity index (χ4v) is 2.28. The number of halogens is 3. The number of benzene rings is 1. The first kappa shape index (κ1) is 17.3. The molecule has 4 nitrogen and oxygen atoms in total. The highest BCUT2D eigenvalue weighted by Gasteiger charge is 2.28. The van der Waals surface area contributed by atoms with Crippen LogP contribution in [0, 0.1) is 0 Å². The Morgan fingerprint density at radius 3 is 2.65 bits per heavy atom. The van der Waals surface area contributed by atoms with Crippen LogP contribution in [-0.2, 0) is 11.3 Å². The Labute approximate surface area is 131 Å². The summed E-state index contributed by atoms with van der Waals surface area (Å²) < 4.78 is 47.5. The smallest absolute Gasteiger partial charge is 0.390 e. The molecule has 0 unspecified atom stereocenters. The molecule has 2 aromatic rings. The number of carbonyl (C=O) groups is 1. The van der Waals surface area contributed by atoms with E-state index in [4.69, 9.17) is 9.15 Å². The van der Waals surface area contributed by atoms with Gasteiger partial charge in [-0.2, -0.15) is 13.2 Å². The fraction of sp³-hybridized carbons (Fsp3) is 0.438. The van der Waals surface area contributed by atoms with E-state index < -0.39 is 18.6 Å². The molecule has 0 bridgehead atoms. The molecule has 23 heavy (non-hydrogen) atoms. The van der Waals surface area contributed by atoms with Crippen LogP contribution in [0.2, 0.25) is 0 Å². The monoisotopic (exact) mass is 329 g/mol. The van der Waals surface area contributed by atoms with Gasteiger partial charge in [0, 0.05) is 24.0 Å². The zero-order valence-electron chi connectivity index (χ0n) is 12.9. The molecule has 0 aliphatic heterocycles. The molecular formula is C16H18F3NO3. The van der Waals surface area contributed by atoms with Gasteiger partial charge in [-0.1, -0.05) is 18.2 Å². The molecule has 126 valence electrons. The Morgan fingerprint density at radius 2 is 2.00 bits per heavy atom. The Bertz CT molecular complexity index is 679. The van der Waals surface area contributed by atoms with Crippen molar-refractivity contribution in [2.24, 2.45) is 0 Å². The number of rotatable bonds is 6. The van der Waals surface area contributed by atoms with E-state index in [1.165, 1.54) is 4.90 Å². The van der Waals surface area contributed by atoms with Crippen LogP contribution in [0.3, 0.4) is 0 Å². The summed E-state index contributed by atoms with van der Waals surface area (Å²) in [4.78, 5) is 13.5. The summed E-state index contributed by atoms with van der Waals surface area (Å²) in [5.74, 6) is -0.560. The largest absolute Gasteiger partial charge is 0.460 e. The molecule has 0 fully saturated rings. The van der Waals surface area contributed by atoms with Crippen molar-refractivity contribution in [3.63, 3.8) is 0 Å². The second kappa shape index (κ2) is 7.04. The van der Waals surface area contributed by atoms with Gasteiger partial charge in [-0.05, 0) is 20.0 Å². The third-order valence-electron chi connectivity index (χ3n) is 3.36. The Kier molecular flexibility index (Phi) is 5.30. The zero-order valence-corrected chi connectivity index (χ0v) is 12.9. The Balaban J connectivity index is 2.26. The summed E-state index contributed by atoms with van der Waals surface area (Å²) in [6.07, 6.45) is -5.12. The van der Waals surface area contributed by atoms with E-state index in [1.54, 1.807) is 38.2 Å². The predicted molar refractivity (Wildman–Crippen MR) is 79.2 cm³/mol. The quantitative estimate of drug-likeness (QED) is 0.752. The number of furan rings is 1. The summed E-state index contributed by atoms with van der Waals surface area (Å²) in [6, 6.07) is 7.02. The molecule has 0 aliphatic rings. The van der Waals surface area contributed by atoms with E-state index in [2.05, 4.69) is 0 Å². The third kappa shape index (κ3) is 4.48. The van der Waals surface area contributed by atoms with E-state index in [0.717, 1.165) is 0 Å². The lowest BCUT2D eigenvalue weighted by Gasteiger charge is -2.17. The van der Waals surface area contributed by atoms with Crippen LogP contribution in [0.1, 0.15) is 29.5 Å². The van der Waals surface area contributed by atoms with Crippen LogP contribution in [0.25, 0.3) is 11.0 Å². The summed E-state index contributed by atoms with van der Waals surface area (Å²) in [7, 11) is 1.57. The molecule has 1 aromatic carbocycles. The minimum atomic E-state index is -4.21. The van der Waals surface area contributed by atoms with Gasteiger partial charge in [-0.3, -0.25) is 0 Å². The van der Waals surface area contributed by atoms with Gasteiger partial charge in [-0.15, -0.1) is 0 Å². The fourth-order valence-electron chi connectivity index (χ4n) is 2.28. The maximum Gasteiger partial charge on any atom is 0.390 e. The average Bonchev–Trinajstić information content (AvgIpc) is 2.84. The van der Waals surface area contributed by atoms with E-state index in [-0.39, 0.29) is 25.5 Å². The summed E-state index contributed by atoms with van der Waals surface area (Å²) in [6.45, 7) is 1.88. The number of esters is 1. The van der Waals surface area contributed by atoms with Crippen molar-refractivity contribution in [2.75, 3.05) is 20.2 Å². The molecule has 0 spiro atoms. The molecule has 0 saturated carbocycles. The zero-order chi connectivity index (χ0) is 17.0. The molecule has 0 amide bonds. The van der Waals surface area contributed by atoms with Crippen molar-refractivity contribution in [3.05, 3.63) is 35.6 Å². The minimum absolute atomic E-state index is 0.0481. The number of nitrogens with zero attached hydrogens (tertiary/aromatic N) is 1. The van der Waals surface area contributed by atoms with E-state index in [1.807, 2.05) is 0 Å². The number of hydrogen-bond acceptors (Lipinski definition) is 4. The van der Waals surface area contributed by atoms with Crippen molar-refractivity contribution in [2.45, 2.75) is 26.1 Å². The molecule has 0 atom stereocenters. The van der Waals surface area contributed by atoms with Crippen LogP contribution in [0.15, 0.2) is 28.7 Å². The predicted octanol–water partition coefficient (Wildman–Crippen LogP) is 3.99. The maximum absolute atomic E-state index is 12.3. The van der Waals surface area contributed by atoms with Gasteiger partial charge in [0.25, 0.3) is 0 Å². The van der Waals surface area contributed by atoms with Gasteiger partial charge in [0.1, 0.15) is 5.58 Å². The summed E-state index contributed by atoms with van der Waals surface area (Å²) in [5.41, 5.74) is 1.05. The number of alkyl halides is 3.